The highest BCUT2D eigenvalue weighted by Gasteiger charge is 2.29. The summed E-state index contributed by atoms with van der Waals surface area (Å²) in [4.78, 5) is 24.6. The van der Waals surface area contributed by atoms with Gasteiger partial charge in [-0.2, -0.15) is 4.31 Å². The third-order valence-corrected chi connectivity index (χ3v) is 5.84. The van der Waals surface area contributed by atoms with Crippen molar-refractivity contribution in [1.82, 2.24) is 9.21 Å². The molecule has 0 bridgehead atoms. The van der Waals surface area contributed by atoms with Gasteiger partial charge in [0, 0.05) is 25.2 Å². The number of nitrogens with zero attached hydrogens (tertiary/aromatic N) is 2. The quantitative estimate of drug-likeness (QED) is 0.765. The highest BCUT2D eigenvalue weighted by molar-refractivity contribution is 7.89. The first-order valence-corrected chi connectivity index (χ1v) is 9.35. The van der Waals surface area contributed by atoms with Gasteiger partial charge in [-0.05, 0) is 24.3 Å². The Labute approximate surface area is 151 Å². The molecule has 0 saturated carbocycles. The SMILES string of the molecule is CN(CC(=O)N1CCOC(CC(=O)O)C1)S(=O)(=O)c1ccc(Cl)cc1. The highest BCUT2D eigenvalue weighted by Crippen LogP contribution is 2.18. The van der Waals surface area contributed by atoms with Gasteiger partial charge in [-0.3, -0.25) is 9.59 Å². The number of aliphatic carboxylic acids is 1. The van der Waals surface area contributed by atoms with Crippen molar-refractivity contribution in [2.45, 2.75) is 17.4 Å². The van der Waals surface area contributed by atoms with Gasteiger partial charge in [-0.15, -0.1) is 0 Å². The number of carbonyl (C=O) groups is 2. The number of ether oxygens (including phenoxy) is 1. The summed E-state index contributed by atoms with van der Waals surface area (Å²) in [6, 6.07) is 5.66. The van der Waals surface area contributed by atoms with E-state index < -0.39 is 28.0 Å². The minimum atomic E-state index is -3.82. The zero-order valence-electron chi connectivity index (χ0n) is 13.6. The Bertz CT molecular complexity index is 737. The summed E-state index contributed by atoms with van der Waals surface area (Å²) < 4.78 is 31.2. The van der Waals surface area contributed by atoms with Gasteiger partial charge < -0.3 is 14.7 Å². The molecule has 0 aliphatic carbocycles. The molecule has 2 rings (SSSR count). The van der Waals surface area contributed by atoms with E-state index >= 15 is 0 Å². The Morgan fingerprint density at radius 2 is 2.00 bits per heavy atom. The lowest BCUT2D eigenvalue weighted by atomic mass is 10.2. The smallest absolute Gasteiger partial charge is 0.306 e. The summed E-state index contributed by atoms with van der Waals surface area (Å²) in [5.74, 6) is -1.42. The second-order valence-electron chi connectivity index (χ2n) is 5.65. The molecule has 1 unspecified atom stereocenters. The van der Waals surface area contributed by atoms with Crippen LogP contribution in [-0.2, 0) is 24.3 Å². The van der Waals surface area contributed by atoms with Gasteiger partial charge in [0.2, 0.25) is 15.9 Å². The monoisotopic (exact) mass is 390 g/mol. The van der Waals surface area contributed by atoms with Crippen LogP contribution in [0.4, 0.5) is 0 Å². The molecule has 0 radical (unpaired) electrons. The Hall–Kier alpha value is -1.68. The summed E-state index contributed by atoms with van der Waals surface area (Å²) in [7, 11) is -2.50. The third kappa shape index (κ3) is 5.15. The van der Waals surface area contributed by atoms with E-state index in [0.29, 0.717) is 11.6 Å². The molecule has 1 heterocycles. The number of amides is 1. The second kappa shape index (κ2) is 8.13. The molecule has 1 N–H and O–H groups in total. The van der Waals surface area contributed by atoms with E-state index in [1.165, 1.54) is 36.2 Å². The predicted octanol–water partition coefficient (Wildman–Crippen LogP) is 0.663. The molecular weight excluding hydrogens is 372 g/mol. The number of sulfonamides is 1. The molecule has 1 aromatic carbocycles. The number of carbonyl (C=O) groups excluding carboxylic acids is 1. The highest BCUT2D eigenvalue weighted by atomic mass is 35.5. The van der Waals surface area contributed by atoms with Gasteiger partial charge in [0.1, 0.15) is 0 Å². The van der Waals surface area contributed by atoms with Crippen LogP contribution in [0.25, 0.3) is 0 Å². The fourth-order valence-electron chi connectivity index (χ4n) is 2.43. The van der Waals surface area contributed by atoms with Crippen molar-refractivity contribution in [2.24, 2.45) is 0 Å². The van der Waals surface area contributed by atoms with Gasteiger partial charge in [-0.1, -0.05) is 11.6 Å². The maximum atomic E-state index is 12.5. The molecule has 1 atom stereocenters. The predicted molar refractivity (Wildman–Crippen MR) is 89.8 cm³/mol. The fourth-order valence-corrected chi connectivity index (χ4v) is 3.67. The van der Waals surface area contributed by atoms with Gasteiger partial charge in [0.25, 0.3) is 0 Å². The van der Waals surface area contributed by atoms with Crippen molar-refractivity contribution in [1.29, 1.82) is 0 Å². The molecule has 1 aliphatic rings. The average molecular weight is 391 g/mol. The van der Waals surface area contributed by atoms with Crippen molar-refractivity contribution in [2.75, 3.05) is 33.3 Å². The van der Waals surface area contributed by atoms with E-state index in [-0.39, 0.29) is 31.0 Å². The van der Waals surface area contributed by atoms with E-state index in [2.05, 4.69) is 0 Å². The molecule has 1 amide bonds. The van der Waals surface area contributed by atoms with Crippen molar-refractivity contribution in [3.63, 3.8) is 0 Å². The van der Waals surface area contributed by atoms with E-state index in [0.717, 1.165) is 4.31 Å². The van der Waals surface area contributed by atoms with Crippen LogP contribution in [0, 0.1) is 0 Å². The number of benzene rings is 1. The molecule has 25 heavy (non-hydrogen) atoms. The first kappa shape index (κ1) is 19.6. The van der Waals surface area contributed by atoms with Crippen LogP contribution in [0.15, 0.2) is 29.2 Å². The topological polar surface area (TPSA) is 104 Å². The lowest BCUT2D eigenvalue weighted by molar-refractivity contribution is -0.147. The Kier molecular flexibility index (Phi) is 6.39. The van der Waals surface area contributed by atoms with Crippen molar-refractivity contribution >= 4 is 33.5 Å². The summed E-state index contributed by atoms with van der Waals surface area (Å²) in [5, 5.41) is 9.22. The van der Waals surface area contributed by atoms with Gasteiger partial charge >= 0.3 is 5.97 Å². The first-order valence-electron chi connectivity index (χ1n) is 7.53. The number of hydrogen-bond donors (Lipinski definition) is 1. The second-order valence-corrected chi connectivity index (χ2v) is 8.13. The normalized spacial score (nSPS) is 18.4. The lowest BCUT2D eigenvalue weighted by Gasteiger charge is -2.33. The molecular formula is C15H19ClN2O6S. The van der Waals surface area contributed by atoms with Crippen LogP contribution in [-0.4, -0.2) is 74.0 Å². The number of likely N-dealkylation sites (N-methyl/N-ethyl adjacent to an activating group) is 1. The van der Waals surface area contributed by atoms with E-state index in [4.69, 9.17) is 21.4 Å². The van der Waals surface area contributed by atoms with Gasteiger partial charge in [-0.25, -0.2) is 8.42 Å². The van der Waals surface area contributed by atoms with E-state index in [9.17, 15) is 18.0 Å². The number of carboxylic acid groups (broad SMARTS) is 1. The maximum Gasteiger partial charge on any atom is 0.306 e. The van der Waals surface area contributed by atoms with E-state index in [1.807, 2.05) is 0 Å². The number of hydrogen-bond acceptors (Lipinski definition) is 5. The van der Waals surface area contributed by atoms with Crippen LogP contribution < -0.4 is 0 Å². The van der Waals surface area contributed by atoms with Crippen LogP contribution in [0.3, 0.4) is 0 Å². The van der Waals surface area contributed by atoms with Crippen molar-refractivity contribution in [3.05, 3.63) is 29.3 Å². The Morgan fingerprint density at radius 3 is 2.60 bits per heavy atom. The largest absolute Gasteiger partial charge is 0.481 e. The van der Waals surface area contributed by atoms with Crippen molar-refractivity contribution in [3.8, 4) is 0 Å². The molecule has 0 aromatic heterocycles. The molecule has 1 aromatic rings. The Balaban J connectivity index is 2.01. The van der Waals surface area contributed by atoms with Gasteiger partial charge in [0.15, 0.2) is 0 Å². The number of morpholine rings is 1. The molecule has 0 spiro atoms. The minimum Gasteiger partial charge on any atom is -0.481 e. The summed E-state index contributed by atoms with van der Waals surface area (Å²) in [5.41, 5.74) is 0. The lowest BCUT2D eigenvalue weighted by Crippen LogP contribution is -2.49. The molecule has 1 aliphatic heterocycles. The summed E-state index contributed by atoms with van der Waals surface area (Å²) in [6.45, 7) is 0.297. The standard InChI is InChI=1S/C15H19ClN2O6S/c1-17(25(22,23)13-4-2-11(16)3-5-13)10-14(19)18-6-7-24-12(9-18)8-15(20)21/h2-5,12H,6-10H2,1H3,(H,20,21). The van der Waals surface area contributed by atoms with Crippen LogP contribution in [0.1, 0.15) is 6.42 Å². The minimum absolute atomic E-state index is 0.0398. The van der Waals surface area contributed by atoms with E-state index in [1.54, 1.807) is 0 Å². The average Bonchev–Trinajstić information content (AvgIpc) is 2.54. The molecule has 1 fully saturated rings. The van der Waals surface area contributed by atoms with Gasteiger partial charge in [0.05, 0.1) is 30.6 Å². The van der Waals surface area contributed by atoms with Crippen LogP contribution >= 0.6 is 11.6 Å². The summed E-state index contributed by atoms with van der Waals surface area (Å²) in [6.07, 6.45) is -0.795. The Morgan fingerprint density at radius 1 is 1.36 bits per heavy atom. The third-order valence-electron chi connectivity index (χ3n) is 3.77. The zero-order chi connectivity index (χ0) is 18.6. The summed E-state index contributed by atoms with van der Waals surface area (Å²) >= 11 is 5.75. The maximum absolute atomic E-state index is 12.5. The van der Waals surface area contributed by atoms with Crippen molar-refractivity contribution < 1.29 is 27.9 Å². The fraction of sp³-hybridized carbons (Fsp3) is 0.467. The number of rotatable bonds is 6. The molecule has 138 valence electrons. The molecule has 10 heteroatoms. The molecule has 1 saturated heterocycles. The molecule has 8 nitrogen and oxygen atoms in total. The van der Waals surface area contributed by atoms with Crippen LogP contribution in [0.2, 0.25) is 5.02 Å². The van der Waals surface area contributed by atoms with Crippen LogP contribution in [0.5, 0.6) is 0 Å². The zero-order valence-corrected chi connectivity index (χ0v) is 15.2. The number of halogens is 1. The number of carboxylic acids is 1. The first-order chi connectivity index (χ1) is 11.7.